The molecule has 2 heterocycles. The van der Waals surface area contributed by atoms with E-state index in [-0.39, 0.29) is 5.91 Å². The molecule has 1 unspecified atom stereocenters. The second-order valence-corrected chi connectivity index (χ2v) is 10.5. The smallest absolute Gasteiger partial charge is 0.258 e. The second kappa shape index (κ2) is 10.8. The van der Waals surface area contributed by atoms with Crippen molar-refractivity contribution >= 4 is 17.3 Å². The number of rotatable bonds is 5. The van der Waals surface area contributed by atoms with Gasteiger partial charge in [-0.05, 0) is 86.9 Å². The quantitative estimate of drug-likeness (QED) is 0.454. The molecule has 0 bridgehead atoms. The molecule has 0 radical (unpaired) electrons. The van der Waals surface area contributed by atoms with Gasteiger partial charge in [0, 0.05) is 68.1 Å². The Morgan fingerprint density at radius 2 is 1.75 bits per heavy atom. The molecule has 1 saturated heterocycles. The summed E-state index contributed by atoms with van der Waals surface area (Å²) in [5.74, 6) is 0.577. The highest BCUT2D eigenvalue weighted by atomic mass is 16.2. The van der Waals surface area contributed by atoms with Gasteiger partial charge in [0.2, 0.25) is 0 Å². The van der Waals surface area contributed by atoms with E-state index in [2.05, 4.69) is 70.2 Å². The molecule has 0 spiro atoms. The molecule has 1 saturated carbocycles. The Morgan fingerprint density at radius 1 is 0.972 bits per heavy atom. The molecule has 2 aliphatic rings. The molecule has 1 aromatic heterocycles. The zero-order valence-corrected chi connectivity index (χ0v) is 21.8. The first-order chi connectivity index (χ1) is 17.5. The first kappa shape index (κ1) is 24.5. The van der Waals surface area contributed by atoms with Crippen molar-refractivity contribution in [3.8, 4) is 0 Å². The van der Waals surface area contributed by atoms with Crippen molar-refractivity contribution in [3.63, 3.8) is 0 Å². The molecule has 36 heavy (non-hydrogen) atoms. The van der Waals surface area contributed by atoms with Gasteiger partial charge in [0.1, 0.15) is 0 Å². The average Bonchev–Trinajstić information content (AvgIpc) is 2.93. The van der Waals surface area contributed by atoms with Crippen LogP contribution in [-0.2, 0) is 0 Å². The van der Waals surface area contributed by atoms with E-state index < -0.39 is 0 Å². The number of piperazine rings is 1. The fourth-order valence-corrected chi connectivity index (χ4v) is 6.13. The highest BCUT2D eigenvalue weighted by molar-refractivity contribution is 6.06. The Kier molecular flexibility index (Phi) is 7.38. The maximum atomic E-state index is 13.1. The van der Waals surface area contributed by atoms with Gasteiger partial charge in [-0.1, -0.05) is 30.3 Å². The second-order valence-electron chi connectivity index (χ2n) is 10.5. The Hall–Kier alpha value is -3.18. The summed E-state index contributed by atoms with van der Waals surface area (Å²) in [6.07, 6.45) is 8.34. The minimum absolute atomic E-state index is 0.0133. The monoisotopic (exact) mass is 482 g/mol. The van der Waals surface area contributed by atoms with Crippen LogP contribution in [-0.4, -0.2) is 54.6 Å². The molecule has 2 aromatic carbocycles. The third-order valence-electron chi connectivity index (χ3n) is 8.25. The van der Waals surface area contributed by atoms with E-state index in [0.29, 0.717) is 23.6 Å². The third-order valence-corrected chi connectivity index (χ3v) is 8.25. The molecule has 1 aliphatic carbocycles. The van der Waals surface area contributed by atoms with Crippen molar-refractivity contribution in [1.82, 2.24) is 9.88 Å². The Morgan fingerprint density at radius 3 is 2.47 bits per heavy atom. The van der Waals surface area contributed by atoms with Crippen LogP contribution in [0.4, 0.5) is 11.4 Å². The zero-order valence-electron chi connectivity index (χ0n) is 21.8. The van der Waals surface area contributed by atoms with Crippen LogP contribution in [0.15, 0.2) is 73.1 Å². The zero-order chi connectivity index (χ0) is 25.1. The van der Waals surface area contributed by atoms with Gasteiger partial charge < -0.3 is 9.80 Å². The van der Waals surface area contributed by atoms with Crippen molar-refractivity contribution < 1.29 is 4.79 Å². The van der Waals surface area contributed by atoms with Crippen LogP contribution in [0.25, 0.3) is 0 Å². The maximum Gasteiger partial charge on any atom is 0.258 e. The number of pyridine rings is 1. The van der Waals surface area contributed by atoms with Crippen LogP contribution in [0.1, 0.15) is 60.0 Å². The van der Waals surface area contributed by atoms with Gasteiger partial charge in [-0.25, -0.2) is 0 Å². The first-order valence-electron chi connectivity index (χ1n) is 13.4. The maximum absolute atomic E-state index is 13.1. The fraction of sp³-hybridized carbons (Fsp3) is 0.419. The summed E-state index contributed by atoms with van der Waals surface area (Å²) in [5.41, 5.74) is 5.28. The summed E-state index contributed by atoms with van der Waals surface area (Å²) >= 11 is 0. The van der Waals surface area contributed by atoms with Crippen LogP contribution in [0.2, 0.25) is 0 Å². The van der Waals surface area contributed by atoms with Gasteiger partial charge in [-0.2, -0.15) is 0 Å². The van der Waals surface area contributed by atoms with Gasteiger partial charge >= 0.3 is 0 Å². The van der Waals surface area contributed by atoms with E-state index in [1.54, 1.807) is 23.4 Å². The standard InChI is InChI=1S/C31H38N4O/c1-23-21-32-17-16-30(23)31(36)33(3)29-11-7-8-26(20-29)25-12-14-28(15-13-25)35-19-18-34(22-24(35)2)27-9-5-4-6-10-27/h4-11,16-17,20-21,24-25,28H,12-15,18-19,22H2,1-3H3. The lowest BCUT2D eigenvalue weighted by Crippen LogP contribution is -2.56. The largest absolute Gasteiger partial charge is 0.369 e. The molecule has 1 atom stereocenters. The fourth-order valence-electron chi connectivity index (χ4n) is 6.13. The predicted molar refractivity (Wildman–Crippen MR) is 148 cm³/mol. The lowest BCUT2D eigenvalue weighted by Gasteiger charge is -2.46. The summed E-state index contributed by atoms with van der Waals surface area (Å²) in [6.45, 7) is 7.67. The minimum Gasteiger partial charge on any atom is -0.369 e. The van der Waals surface area contributed by atoms with Crippen molar-refractivity contribution in [2.45, 2.75) is 57.5 Å². The summed E-state index contributed by atoms with van der Waals surface area (Å²) < 4.78 is 0. The highest BCUT2D eigenvalue weighted by Gasteiger charge is 2.32. The number of hydrogen-bond donors (Lipinski definition) is 0. The van der Waals surface area contributed by atoms with E-state index in [1.807, 2.05) is 20.0 Å². The average molecular weight is 483 g/mol. The summed E-state index contributed by atoms with van der Waals surface area (Å²) in [5, 5.41) is 0. The van der Waals surface area contributed by atoms with Crippen molar-refractivity contribution in [3.05, 3.63) is 89.7 Å². The van der Waals surface area contributed by atoms with Crippen LogP contribution in [0, 0.1) is 6.92 Å². The van der Waals surface area contributed by atoms with E-state index in [0.717, 1.165) is 30.9 Å². The Bertz CT molecular complexity index is 1170. The molecule has 5 rings (SSSR count). The SMILES string of the molecule is Cc1cnccc1C(=O)N(C)c1cccc(C2CCC(N3CCN(c4ccccc4)CC3C)CC2)c1. The number of benzene rings is 2. The van der Waals surface area contributed by atoms with Gasteiger partial charge in [0.15, 0.2) is 0 Å². The number of aryl methyl sites for hydroxylation is 1. The van der Waals surface area contributed by atoms with Crippen LogP contribution in [0.5, 0.6) is 0 Å². The number of carbonyl (C=O) groups excluding carboxylic acids is 1. The first-order valence-corrected chi connectivity index (χ1v) is 13.4. The third kappa shape index (κ3) is 5.17. The van der Waals surface area contributed by atoms with Crippen molar-refractivity contribution in [2.75, 3.05) is 36.5 Å². The van der Waals surface area contributed by atoms with Crippen LogP contribution < -0.4 is 9.80 Å². The molecule has 1 amide bonds. The number of aromatic nitrogens is 1. The van der Waals surface area contributed by atoms with E-state index in [9.17, 15) is 4.79 Å². The number of nitrogens with zero attached hydrogens (tertiary/aromatic N) is 4. The summed E-state index contributed by atoms with van der Waals surface area (Å²) in [6, 6.07) is 22.5. The molecule has 1 aliphatic heterocycles. The van der Waals surface area contributed by atoms with E-state index in [1.165, 1.54) is 36.9 Å². The minimum atomic E-state index is 0.0133. The highest BCUT2D eigenvalue weighted by Crippen LogP contribution is 2.37. The normalized spacial score (nSPS) is 22.9. The van der Waals surface area contributed by atoms with Crippen molar-refractivity contribution in [2.24, 2.45) is 0 Å². The van der Waals surface area contributed by atoms with Gasteiger partial charge in [-0.3, -0.25) is 14.7 Å². The summed E-state index contributed by atoms with van der Waals surface area (Å²) in [4.78, 5) is 24.3. The Labute approximate surface area is 215 Å². The molecule has 3 aromatic rings. The molecule has 2 fully saturated rings. The Balaban J connectivity index is 1.19. The summed E-state index contributed by atoms with van der Waals surface area (Å²) in [7, 11) is 1.87. The number of amides is 1. The van der Waals surface area contributed by atoms with Crippen LogP contribution in [0.3, 0.4) is 0 Å². The molecular weight excluding hydrogens is 444 g/mol. The van der Waals surface area contributed by atoms with Crippen molar-refractivity contribution in [1.29, 1.82) is 0 Å². The molecule has 5 heteroatoms. The molecular formula is C31H38N4O. The lowest BCUT2D eigenvalue weighted by molar-refractivity contribution is 0.0965. The van der Waals surface area contributed by atoms with Gasteiger partial charge in [0.25, 0.3) is 5.91 Å². The number of anilines is 2. The van der Waals surface area contributed by atoms with E-state index in [4.69, 9.17) is 0 Å². The predicted octanol–water partition coefficient (Wildman–Crippen LogP) is 5.90. The van der Waals surface area contributed by atoms with E-state index >= 15 is 0 Å². The lowest BCUT2D eigenvalue weighted by atomic mass is 9.80. The topological polar surface area (TPSA) is 39.7 Å². The molecule has 188 valence electrons. The number of hydrogen-bond acceptors (Lipinski definition) is 4. The molecule has 0 N–H and O–H groups in total. The van der Waals surface area contributed by atoms with Gasteiger partial charge in [-0.15, -0.1) is 0 Å². The molecule has 5 nitrogen and oxygen atoms in total. The van der Waals surface area contributed by atoms with Gasteiger partial charge in [0.05, 0.1) is 0 Å². The number of carbonyl (C=O) groups is 1. The van der Waals surface area contributed by atoms with Crippen LogP contribution >= 0.6 is 0 Å². The number of para-hydroxylation sites is 1.